The van der Waals surface area contributed by atoms with Crippen LogP contribution in [0.2, 0.25) is 10.0 Å². The van der Waals surface area contributed by atoms with E-state index >= 15 is 0 Å². The number of hydrogen-bond donors (Lipinski definition) is 1. The fourth-order valence-electron chi connectivity index (χ4n) is 2.42. The third kappa shape index (κ3) is 3.04. The summed E-state index contributed by atoms with van der Waals surface area (Å²) in [5.74, 6) is -0.781. The smallest absolute Gasteiger partial charge is 0.306 e. The van der Waals surface area contributed by atoms with Crippen molar-refractivity contribution in [2.75, 3.05) is 13.1 Å². The second-order valence-corrected chi connectivity index (χ2v) is 6.03. The van der Waals surface area contributed by atoms with E-state index in [1.807, 2.05) is 12.1 Å². The molecular formula is C14H17Cl2NO2. The Bertz CT molecular complexity index is 486. The highest BCUT2D eigenvalue weighted by Crippen LogP contribution is 2.35. The van der Waals surface area contributed by atoms with Gasteiger partial charge < -0.3 is 5.11 Å². The molecule has 2 rings (SSSR count). The maximum absolute atomic E-state index is 10.9. The van der Waals surface area contributed by atoms with Gasteiger partial charge in [0.25, 0.3) is 0 Å². The summed E-state index contributed by atoms with van der Waals surface area (Å²) in [6, 6.07) is 5.69. The number of nitrogens with zero attached hydrogens (tertiary/aromatic N) is 1. The van der Waals surface area contributed by atoms with Crippen molar-refractivity contribution in [2.45, 2.75) is 19.9 Å². The molecule has 1 saturated heterocycles. The van der Waals surface area contributed by atoms with Crippen molar-refractivity contribution >= 4 is 29.2 Å². The van der Waals surface area contributed by atoms with Crippen molar-refractivity contribution in [2.24, 2.45) is 11.8 Å². The zero-order valence-electron chi connectivity index (χ0n) is 10.9. The van der Waals surface area contributed by atoms with Gasteiger partial charge in [-0.1, -0.05) is 36.2 Å². The summed E-state index contributed by atoms with van der Waals surface area (Å²) >= 11 is 12.1. The van der Waals surface area contributed by atoms with Crippen molar-refractivity contribution in [3.63, 3.8) is 0 Å². The molecule has 1 N–H and O–H groups in total. The number of aliphatic carboxylic acids is 1. The van der Waals surface area contributed by atoms with Gasteiger partial charge >= 0.3 is 5.97 Å². The third-order valence-corrected chi connectivity index (χ3v) is 4.56. The number of hydrogen-bond acceptors (Lipinski definition) is 2. The molecule has 1 fully saturated rings. The molecule has 2 atom stereocenters. The van der Waals surface area contributed by atoms with E-state index in [-0.39, 0.29) is 17.9 Å². The van der Waals surface area contributed by atoms with Crippen LogP contribution < -0.4 is 0 Å². The number of halogens is 2. The van der Waals surface area contributed by atoms with Gasteiger partial charge in [-0.15, -0.1) is 0 Å². The van der Waals surface area contributed by atoms with Crippen LogP contribution in [0.5, 0.6) is 0 Å². The van der Waals surface area contributed by atoms with Crippen molar-refractivity contribution in [3.8, 4) is 0 Å². The Balaban J connectivity index is 2.00. The van der Waals surface area contributed by atoms with Gasteiger partial charge in [0.2, 0.25) is 0 Å². The highest BCUT2D eigenvalue weighted by Gasteiger charge is 2.37. The van der Waals surface area contributed by atoms with Crippen LogP contribution in [-0.4, -0.2) is 29.1 Å². The zero-order valence-corrected chi connectivity index (χ0v) is 12.4. The Hall–Kier alpha value is -0.770. The number of carbonyl (C=O) groups is 1. The Morgan fingerprint density at radius 2 is 2.00 bits per heavy atom. The summed E-state index contributed by atoms with van der Waals surface area (Å²) < 4.78 is 0. The minimum Gasteiger partial charge on any atom is -0.481 e. The molecule has 1 aromatic rings. The largest absolute Gasteiger partial charge is 0.481 e. The van der Waals surface area contributed by atoms with Crippen LogP contribution in [0.4, 0.5) is 0 Å². The van der Waals surface area contributed by atoms with Crippen LogP contribution in [0.25, 0.3) is 0 Å². The van der Waals surface area contributed by atoms with Gasteiger partial charge in [-0.3, -0.25) is 9.69 Å². The maximum atomic E-state index is 10.9. The van der Waals surface area contributed by atoms with Gasteiger partial charge in [0.15, 0.2) is 0 Å². The summed E-state index contributed by atoms with van der Waals surface area (Å²) in [6.45, 7) is 5.45. The normalized spacial score (nSPS) is 19.8. The lowest BCUT2D eigenvalue weighted by Crippen LogP contribution is -2.51. The molecule has 0 radical (unpaired) electrons. The second-order valence-electron chi connectivity index (χ2n) is 5.18. The van der Waals surface area contributed by atoms with E-state index in [1.165, 1.54) is 0 Å². The summed E-state index contributed by atoms with van der Waals surface area (Å²) in [4.78, 5) is 13.2. The Morgan fingerprint density at radius 3 is 2.53 bits per heavy atom. The molecule has 0 amide bonds. The molecule has 0 aliphatic carbocycles. The highest BCUT2D eigenvalue weighted by atomic mass is 35.5. The Kier molecular flexibility index (Phi) is 4.39. The van der Waals surface area contributed by atoms with Crippen molar-refractivity contribution in [1.29, 1.82) is 0 Å². The van der Waals surface area contributed by atoms with Gasteiger partial charge in [-0.2, -0.15) is 0 Å². The van der Waals surface area contributed by atoms with Crippen molar-refractivity contribution in [3.05, 3.63) is 33.8 Å². The fraction of sp³-hybridized carbons (Fsp3) is 0.500. The van der Waals surface area contributed by atoms with Gasteiger partial charge in [0.05, 0.1) is 5.92 Å². The first-order chi connectivity index (χ1) is 8.90. The van der Waals surface area contributed by atoms with Gasteiger partial charge in [-0.05, 0) is 30.5 Å². The lowest BCUT2D eigenvalue weighted by molar-refractivity contribution is -0.146. The zero-order chi connectivity index (χ0) is 14.2. The fourth-order valence-corrected chi connectivity index (χ4v) is 2.99. The summed E-state index contributed by atoms with van der Waals surface area (Å²) in [6.07, 6.45) is 0. The molecule has 0 spiro atoms. The number of likely N-dealkylation sites (tertiary alicyclic amines) is 1. The SMILES string of the molecule is CC(C(=O)O)C1CN(C(C)c2ccc(Cl)cc2Cl)C1. The van der Waals surface area contributed by atoms with Crippen LogP contribution in [0, 0.1) is 11.8 Å². The first kappa shape index (κ1) is 14.6. The minimum absolute atomic E-state index is 0.182. The van der Waals surface area contributed by atoms with Crippen molar-refractivity contribution in [1.82, 2.24) is 4.90 Å². The number of benzene rings is 1. The average molecular weight is 302 g/mol. The Morgan fingerprint density at radius 1 is 1.37 bits per heavy atom. The van der Waals surface area contributed by atoms with Crippen LogP contribution in [0.15, 0.2) is 18.2 Å². The van der Waals surface area contributed by atoms with Crippen LogP contribution in [-0.2, 0) is 4.79 Å². The summed E-state index contributed by atoms with van der Waals surface area (Å²) in [5, 5.41) is 10.3. The lowest BCUT2D eigenvalue weighted by Gasteiger charge is -2.45. The van der Waals surface area contributed by atoms with Crippen molar-refractivity contribution < 1.29 is 9.90 Å². The standard InChI is InChI=1S/C14H17Cl2NO2/c1-8(14(18)19)10-6-17(7-10)9(2)12-4-3-11(15)5-13(12)16/h3-5,8-10H,6-7H2,1-2H3,(H,18,19). The molecule has 1 aliphatic rings. The monoisotopic (exact) mass is 301 g/mol. The first-order valence-corrected chi connectivity index (χ1v) is 7.07. The number of rotatable bonds is 4. The lowest BCUT2D eigenvalue weighted by atomic mass is 9.85. The van der Waals surface area contributed by atoms with Crippen LogP contribution in [0.1, 0.15) is 25.5 Å². The second kappa shape index (κ2) is 5.70. The maximum Gasteiger partial charge on any atom is 0.306 e. The van der Waals surface area contributed by atoms with Gasteiger partial charge in [0, 0.05) is 29.2 Å². The van der Waals surface area contributed by atoms with Crippen LogP contribution >= 0.6 is 23.2 Å². The molecule has 1 heterocycles. The van der Waals surface area contributed by atoms with Gasteiger partial charge in [-0.25, -0.2) is 0 Å². The van der Waals surface area contributed by atoms with E-state index in [0.717, 1.165) is 18.7 Å². The molecule has 0 saturated carbocycles. The predicted octanol–water partition coefficient (Wildman–Crippen LogP) is 3.71. The van der Waals surface area contributed by atoms with E-state index in [4.69, 9.17) is 28.3 Å². The first-order valence-electron chi connectivity index (χ1n) is 6.32. The molecule has 19 heavy (non-hydrogen) atoms. The highest BCUT2D eigenvalue weighted by molar-refractivity contribution is 6.35. The predicted molar refractivity (Wildman–Crippen MR) is 76.7 cm³/mol. The summed E-state index contributed by atoms with van der Waals surface area (Å²) in [7, 11) is 0. The number of carboxylic acids is 1. The molecule has 0 aromatic heterocycles. The van der Waals surface area contributed by atoms with Gasteiger partial charge in [0.1, 0.15) is 0 Å². The number of carboxylic acid groups (broad SMARTS) is 1. The molecule has 5 heteroatoms. The molecular weight excluding hydrogens is 285 g/mol. The summed E-state index contributed by atoms with van der Waals surface area (Å²) in [5.41, 5.74) is 1.03. The average Bonchev–Trinajstić information content (AvgIpc) is 2.26. The molecule has 3 nitrogen and oxygen atoms in total. The minimum atomic E-state index is -0.721. The van der Waals surface area contributed by atoms with E-state index in [2.05, 4.69) is 11.8 Å². The van der Waals surface area contributed by atoms with E-state index in [0.29, 0.717) is 10.0 Å². The van der Waals surface area contributed by atoms with E-state index in [1.54, 1.807) is 13.0 Å². The van der Waals surface area contributed by atoms with Crippen LogP contribution in [0.3, 0.4) is 0 Å². The molecule has 2 unspecified atom stereocenters. The quantitative estimate of drug-likeness (QED) is 0.922. The molecule has 0 bridgehead atoms. The van der Waals surface area contributed by atoms with E-state index in [9.17, 15) is 4.79 Å². The van der Waals surface area contributed by atoms with E-state index < -0.39 is 5.97 Å². The Labute approximate surface area is 123 Å². The molecule has 1 aromatic carbocycles. The molecule has 104 valence electrons. The third-order valence-electron chi connectivity index (χ3n) is 3.99. The topological polar surface area (TPSA) is 40.5 Å². The molecule has 1 aliphatic heterocycles.